The van der Waals surface area contributed by atoms with E-state index in [-0.39, 0.29) is 12.1 Å². The molecule has 0 bridgehead atoms. The SMILES string of the molecule is CCCOc1ccc(F)c2c(=O)c(-c3ccc(OC)cc3)cn(COPO)c12. The fourth-order valence-corrected chi connectivity index (χ4v) is 3.16. The second-order valence-electron chi connectivity index (χ2n) is 6.05. The van der Waals surface area contributed by atoms with Gasteiger partial charge in [-0.05, 0) is 36.2 Å². The van der Waals surface area contributed by atoms with Crippen LogP contribution >= 0.6 is 9.03 Å². The van der Waals surface area contributed by atoms with Gasteiger partial charge in [0.2, 0.25) is 0 Å². The molecule has 1 N–H and O–H groups in total. The zero-order valence-corrected chi connectivity index (χ0v) is 16.6. The van der Waals surface area contributed by atoms with Crippen molar-refractivity contribution in [2.24, 2.45) is 0 Å². The minimum atomic E-state index is -0.742. The van der Waals surface area contributed by atoms with Crippen LogP contribution in [0.25, 0.3) is 22.0 Å². The summed E-state index contributed by atoms with van der Waals surface area (Å²) < 4.78 is 32.3. The van der Waals surface area contributed by atoms with Crippen molar-refractivity contribution in [2.75, 3.05) is 13.7 Å². The average molecular weight is 405 g/mol. The van der Waals surface area contributed by atoms with Gasteiger partial charge in [0.1, 0.15) is 24.0 Å². The molecule has 3 aromatic rings. The highest BCUT2D eigenvalue weighted by Gasteiger charge is 2.18. The van der Waals surface area contributed by atoms with Crippen molar-refractivity contribution >= 4 is 19.9 Å². The number of hydrogen-bond donors (Lipinski definition) is 1. The summed E-state index contributed by atoms with van der Waals surface area (Å²) in [4.78, 5) is 22.2. The summed E-state index contributed by atoms with van der Waals surface area (Å²) in [6, 6.07) is 9.65. The molecule has 0 saturated heterocycles. The number of pyridine rings is 1. The molecule has 2 aromatic carbocycles. The molecule has 3 rings (SSSR count). The number of nitrogens with zero attached hydrogens (tertiary/aromatic N) is 1. The average Bonchev–Trinajstić information content (AvgIpc) is 2.72. The van der Waals surface area contributed by atoms with E-state index in [9.17, 15) is 9.18 Å². The summed E-state index contributed by atoms with van der Waals surface area (Å²) in [5.74, 6) is 0.400. The predicted molar refractivity (Wildman–Crippen MR) is 108 cm³/mol. The highest BCUT2D eigenvalue weighted by Crippen LogP contribution is 2.30. The number of aromatic nitrogens is 1. The van der Waals surface area contributed by atoms with Gasteiger partial charge in [-0.15, -0.1) is 0 Å². The minimum Gasteiger partial charge on any atom is -0.497 e. The largest absolute Gasteiger partial charge is 0.497 e. The molecular formula is C20H21FNO5P. The first-order chi connectivity index (χ1) is 13.6. The molecule has 0 aliphatic carbocycles. The molecule has 0 aliphatic rings. The first-order valence-corrected chi connectivity index (χ1v) is 9.60. The van der Waals surface area contributed by atoms with Crippen molar-refractivity contribution < 1.29 is 23.3 Å². The van der Waals surface area contributed by atoms with E-state index in [4.69, 9.17) is 18.9 Å². The summed E-state index contributed by atoms with van der Waals surface area (Å²) in [7, 11) is 0.812. The summed E-state index contributed by atoms with van der Waals surface area (Å²) in [6.45, 7) is 2.33. The number of hydrogen-bond acceptors (Lipinski definition) is 5. The molecule has 1 atom stereocenters. The third kappa shape index (κ3) is 4.02. The summed E-state index contributed by atoms with van der Waals surface area (Å²) in [6.07, 6.45) is 2.35. The molecule has 0 saturated carbocycles. The highest BCUT2D eigenvalue weighted by atomic mass is 31.1. The first-order valence-electron chi connectivity index (χ1n) is 8.74. The van der Waals surface area contributed by atoms with Crippen molar-refractivity contribution in [3.05, 3.63) is 58.6 Å². The maximum Gasteiger partial charge on any atom is 0.200 e. The van der Waals surface area contributed by atoms with Crippen LogP contribution in [0.2, 0.25) is 0 Å². The summed E-state index contributed by atoms with van der Waals surface area (Å²) in [5, 5.41) is -0.0770. The lowest BCUT2D eigenvalue weighted by molar-refractivity contribution is 0.249. The van der Waals surface area contributed by atoms with Crippen LogP contribution in [-0.4, -0.2) is 23.2 Å². The van der Waals surface area contributed by atoms with Gasteiger partial charge in [-0.2, -0.15) is 0 Å². The molecular weight excluding hydrogens is 384 g/mol. The molecule has 0 aliphatic heterocycles. The Kier molecular flexibility index (Phi) is 6.62. The van der Waals surface area contributed by atoms with E-state index in [1.807, 2.05) is 6.92 Å². The molecule has 1 unspecified atom stereocenters. The van der Waals surface area contributed by atoms with Gasteiger partial charge < -0.3 is 23.5 Å². The van der Waals surface area contributed by atoms with E-state index < -0.39 is 20.3 Å². The van der Waals surface area contributed by atoms with Gasteiger partial charge in [0.15, 0.2) is 14.5 Å². The second kappa shape index (κ2) is 9.15. The van der Waals surface area contributed by atoms with Gasteiger partial charge in [0.25, 0.3) is 0 Å². The maximum atomic E-state index is 14.7. The molecule has 1 heterocycles. The monoisotopic (exact) mass is 405 g/mol. The zero-order valence-electron chi connectivity index (χ0n) is 15.6. The fraction of sp³-hybridized carbons (Fsp3) is 0.250. The van der Waals surface area contributed by atoms with Crippen molar-refractivity contribution in [2.45, 2.75) is 20.1 Å². The molecule has 1 aromatic heterocycles. The molecule has 0 radical (unpaired) electrons. The van der Waals surface area contributed by atoms with Crippen LogP contribution in [0, 0.1) is 5.82 Å². The number of methoxy groups -OCH3 is 1. The van der Waals surface area contributed by atoms with Crippen molar-refractivity contribution in [3.63, 3.8) is 0 Å². The normalized spacial score (nSPS) is 11.4. The number of halogens is 1. The van der Waals surface area contributed by atoms with Crippen LogP contribution in [0.15, 0.2) is 47.4 Å². The predicted octanol–water partition coefficient (Wildman–Crippen LogP) is 4.08. The molecule has 148 valence electrons. The smallest absolute Gasteiger partial charge is 0.200 e. The van der Waals surface area contributed by atoms with E-state index in [1.54, 1.807) is 42.1 Å². The number of fused-ring (bicyclic) bond motifs is 1. The Morgan fingerprint density at radius 1 is 1.18 bits per heavy atom. The first kappa shape index (κ1) is 20.3. The van der Waals surface area contributed by atoms with Crippen LogP contribution < -0.4 is 14.9 Å². The lowest BCUT2D eigenvalue weighted by Gasteiger charge is -2.17. The molecule has 0 amide bonds. The second-order valence-corrected chi connectivity index (χ2v) is 6.52. The van der Waals surface area contributed by atoms with Gasteiger partial charge >= 0.3 is 0 Å². The molecule has 0 fully saturated rings. The lowest BCUT2D eigenvalue weighted by Crippen LogP contribution is -2.15. The van der Waals surface area contributed by atoms with Gasteiger partial charge in [-0.3, -0.25) is 4.79 Å². The van der Waals surface area contributed by atoms with Gasteiger partial charge in [0.05, 0.1) is 24.6 Å². The Bertz CT molecular complexity index is 1020. The third-order valence-electron chi connectivity index (χ3n) is 4.26. The zero-order chi connectivity index (χ0) is 20.1. The maximum absolute atomic E-state index is 14.7. The Morgan fingerprint density at radius 2 is 1.93 bits per heavy atom. The Hall–Kier alpha value is -2.47. The summed E-state index contributed by atoms with van der Waals surface area (Å²) in [5.41, 5.74) is 0.787. The Morgan fingerprint density at radius 3 is 2.57 bits per heavy atom. The summed E-state index contributed by atoms with van der Waals surface area (Å²) >= 11 is 0. The van der Waals surface area contributed by atoms with E-state index in [0.29, 0.717) is 34.7 Å². The van der Waals surface area contributed by atoms with Crippen LogP contribution in [0.3, 0.4) is 0 Å². The van der Waals surface area contributed by atoms with Gasteiger partial charge in [-0.25, -0.2) is 4.39 Å². The minimum absolute atomic E-state index is 0.0547. The van der Waals surface area contributed by atoms with Gasteiger partial charge in [0, 0.05) is 11.8 Å². The highest BCUT2D eigenvalue weighted by molar-refractivity contribution is 7.24. The van der Waals surface area contributed by atoms with Crippen molar-refractivity contribution in [1.82, 2.24) is 4.57 Å². The third-order valence-corrected chi connectivity index (χ3v) is 4.52. The van der Waals surface area contributed by atoms with Crippen LogP contribution in [0.4, 0.5) is 4.39 Å². The van der Waals surface area contributed by atoms with E-state index in [0.717, 1.165) is 6.42 Å². The molecule has 28 heavy (non-hydrogen) atoms. The standard InChI is InChI=1S/C20H21FNO5P/c1-3-10-26-17-9-8-16(21)18-19(17)22(12-27-28-24)11-15(20(18)23)13-4-6-14(25-2)7-5-13/h4-9,11,24,28H,3,10,12H2,1-2H3. The molecule has 6 nitrogen and oxygen atoms in total. The van der Waals surface area contributed by atoms with Crippen molar-refractivity contribution in [3.8, 4) is 22.6 Å². The fourth-order valence-electron chi connectivity index (χ4n) is 2.97. The van der Waals surface area contributed by atoms with E-state index >= 15 is 0 Å². The van der Waals surface area contributed by atoms with Crippen LogP contribution in [-0.2, 0) is 11.3 Å². The number of rotatable bonds is 8. The molecule has 8 heteroatoms. The van der Waals surface area contributed by atoms with E-state index in [2.05, 4.69) is 0 Å². The van der Waals surface area contributed by atoms with Crippen LogP contribution in [0.1, 0.15) is 13.3 Å². The number of benzene rings is 2. The van der Waals surface area contributed by atoms with Gasteiger partial charge in [-0.1, -0.05) is 19.1 Å². The Balaban J connectivity index is 2.27. The van der Waals surface area contributed by atoms with E-state index in [1.165, 1.54) is 12.1 Å². The Labute approximate surface area is 163 Å². The number of ether oxygens (including phenoxy) is 2. The lowest BCUT2D eigenvalue weighted by atomic mass is 10.0. The molecule has 0 spiro atoms. The van der Waals surface area contributed by atoms with Crippen molar-refractivity contribution in [1.29, 1.82) is 0 Å². The topological polar surface area (TPSA) is 69.9 Å². The quantitative estimate of drug-likeness (QED) is 0.572. The van der Waals surface area contributed by atoms with Crippen LogP contribution in [0.5, 0.6) is 11.5 Å².